The number of sulfonamides is 1. The Morgan fingerprint density at radius 2 is 1.81 bits per heavy atom. The van der Waals surface area contributed by atoms with Gasteiger partial charge in [0.2, 0.25) is 15.9 Å². The number of nitrogens with two attached hydrogens (primary N) is 2. The lowest BCUT2D eigenvalue weighted by atomic mass is 9.77. The van der Waals surface area contributed by atoms with Gasteiger partial charge in [0.25, 0.3) is 5.92 Å². The smallest absolute Gasteiger partial charge is 0.415 e. The fourth-order valence-electron chi connectivity index (χ4n) is 6.93. The number of ether oxygens (including phenoxy) is 2. The fourth-order valence-corrected chi connectivity index (χ4v) is 8.57. The standard InChI is InChI=1S/C31H40ClF2N7O6S/c32-27-14-21(31(33,34)20-4-2-19(3-5-20)29(42)37-9-1-8-35)15-28(38-27)39-10-12-40(13-11-39)48(44,45)22-6-7-23-25(16-22)46-18-24-26(17-36)47-30(43)41(23)24/h6-7,14-16,19-20,24,26H,1-5,8-13,17-18,35-36H2,(H,37,42)/t19?,20?,24-,26-/m0/s1. The summed E-state index contributed by atoms with van der Waals surface area (Å²) < 4.78 is 71.4. The predicted molar refractivity (Wildman–Crippen MR) is 174 cm³/mol. The van der Waals surface area contributed by atoms with Gasteiger partial charge in [0.15, 0.2) is 0 Å². The van der Waals surface area contributed by atoms with Crippen LogP contribution in [0.4, 0.5) is 25.1 Å². The number of fused-ring (bicyclic) bond motifs is 3. The van der Waals surface area contributed by atoms with E-state index in [1.54, 1.807) is 4.90 Å². The monoisotopic (exact) mass is 711 g/mol. The SMILES string of the molecule is NCCCNC(=O)C1CCC(C(F)(F)c2cc(Cl)nc(N3CCN(S(=O)(=O)c4ccc5c(c4)OC[C@H]4[C@H](CN)OC(=O)N54)CC3)c2)CC1. The maximum absolute atomic E-state index is 15.9. The fraction of sp³-hybridized carbons (Fsp3) is 0.581. The molecule has 1 aromatic carbocycles. The van der Waals surface area contributed by atoms with Crippen LogP contribution in [0.5, 0.6) is 5.75 Å². The summed E-state index contributed by atoms with van der Waals surface area (Å²) >= 11 is 6.25. The highest BCUT2D eigenvalue weighted by Gasteiger charge is 2.47. The molecule has 0 radical (unpaired) electrons. The zero-order valence-electron chi connectivity index (χ0n) is 26.3. The number of carbonyl (C=O) groups excluding carboxylic acids is 2. The summed E-state index contributed by atoms with van der Waals surface area (Å²) in [7, 11) is -3.95. The maximum Gasteiger partial charge on any atom is 0.415 e. The van der Waals surface area contributed by atoms with Gasteiger partial charge in [0.1, 0.15) is 35.5 Å². The molecule has 0 bridgehead atoms. The number of hydrogen-bond acceptors (Lipinski definition) is 10. The molecule has 1 aliphatic carbocycles. The van der Waals surface area contributed by atoms with Crippen molar-refractivity contribution in [2.24, 2.45) is 23.3 Å². The molecule has 2 aromatic rings. The first kappa shape index (κ1) is 34.5. The molecule has 13 nitrogen and oxygen atoms in total. The average Bonchev–Trinajstić information content (AvgIpc) is 3.43. The number of pyridine rings is 1. The number of piperazine rings is 1. The summed E-state index contributed by atoms with van der Waals surface area (Å²) in [5.41, 5.74) is 11.4. The zero-order chi connectivity index (χ0) is 34.2. The lowest BCUT2D eigenvalue weighted by Gasteiger charge is -2.36. The van der Waals surface area contributed by atoms with Crippen molar-refractivity contribution < 1.29 is 36.3 Å². The lowest BCUT2D eigenvalue weighted by Crippen LogP contribution is -2.49. The number of alkyl halides is 2. The zero-order valence-corrected chi connectivity index (χ0v) is 27.9. The number of rotatable bonds is 10. The molecule has 2 saturated heterocycles. The minimum Gasteiger partial charge on any atom is -0.489 e. The highest BCUT2D eigenvalue weighted by atomic mass is 35.5. The first-order valence-electron chi connectivity index (χ1n) is 16.2. The van der Waals surface area contributed by atoms with Crippen molar-refractivity contribution in [1.29, 1.82) is 0 Å². The molecule has 3 fully saturated rings. The molecule has 17 heteroatoms. The number of benzene rings is 1. The van der Waals surface area contributed by atoms with Crippen LogP contribution < -0.4 is 31.3 Å². The largest absolute Gasteiger partial charge is 0.489 e. The van der Waals surface area contributed by atoms with Crippen LogP contribution in [0.1, 0.15) is 37.7 Å². The van der Waals surface area contributed by atoms with Gasteiger partial charge in [0, 0.05) is 62.7 Å². The van der Waals surface area contributed by atoms with E-state index in [9.17, 15) is 18.0 Å². The normalized spacial score (nSPS) is 24.8. The highest BCUT2D eigenvalue weighted by Crippen LogP contribution is 2.46. The average molecular weight is 712 g/mol. The van der Waals surface area contributed by atoms with Gasteiger partial charge in [-0.25, -0.2) is 27.0 Å². The molecule has 1 aromatic heterocycles. The van der Waals surface area contributed by atoms with Gasteiger partial charge in [0.05, 0.1) is 10.6 Å². The first-order chi connectivity index (χ1) is 22.9. The Balaban J connectivity index is 1.09. The van der Waals surface area contributed by atoms with Crippen LogP contribution in [0.2, 0.25) is 5.15 Å². The van der Waals surface area contributed by atoms with Crippen LogP contribution in [-0.2, 0) is 25.5 Å². The summed E-state index contributed by atoms with van der Waals surface area (Å²) in [6.07, 6.45) is 0.703. The van der Waals surface area contributed by atoms with Crippen molar-refractivity contribution in [3.05, 3.63) is 41.0 Å². The molecule has 1 saturated carbocycles. The molecule has 3 aliphatic heterocycles. The van der Waals surface area contributed by atoms with E-state index in [0.717, 1.165) is 0 Å². The van der Waals surface area contributed by atoms with Gasteiger partial charge >= 0.3 is 6.09 Å². The lowest BCUT2D eigenvalue weighted by molar-refractivity contribution is -0.129. The van der Waals surface area contributed by atoms with E-state index >= 15 is 8.78 Å². The maximum atomic E-state index is 15.9. The highest BCUT2D eigenvalue weighted by molar-refractivity contribution is 7.89. The molecule has 262 valence electrons. The summed E-state index contributed by atoms with van der Waals surface area (Å²) in [6.45, 7) is 1.75. The number of halogens is 3. The van der Waals surface area contributed by atoms with Crippen LogP contribution in [0, 0.1) is 11.8 Å². The number of cyclic esters (lactones) is 1. The number of anilines is 2. The first-order valence-corrected chi connectivity index (χ1v) is 18.0. The topological polar surface area (TPSA) is 173 Å². The second-order valence-electron chi connectivity index (χ2n) is 12.6. The molecule has 4 aliphatic rings. The number of hydrogen-bond donors (Lipinski definition) is 3. The molecule has 48 heavy (non-hydrogen) atoms. The molecular formula is C31H40ClF2N7O6S. The van der Waals surface area contributed by atoms with E-state index in [1.165, 1.54) is 39.5 Å². The Morgan fingerprint density at radius 1 is 1.08 bits per heavy atom. The van der Waals surface area contributed by atoms with E-state index in [-0.39, 0.29) is 91.2 Å². The molecule has 4 heterocycles. The third-order valence-corrected chi connectivity index (χ3v) is 11.8. The Morgan fingerprint density at radius 3 is 2.50 bits per heavy atom. The second-order valence-corrected chi connectivity index (χ2v) is 14.9. The molecule has 6 rings (SSSR count). The Hall–Kier alpha value is -3.31. The molecular weight excluding hydrogens is 672 g/mol. The molecule has 5 N–H and O–H groups in total. The van der Waals surface area contributed by atoms with E-state index in [0.29, 0.717) is 38.0 Å². The van der Waals surface area contributed by atoms with Crippen LogP contribution >= 0.6 is 11.6 Å². The Bertz CT molecular complexity index is 1640. The van der Waals surface area contributed by atoms with E-state index < -0.39 is 40.1 Å². The summed E-state index contributed by atoms with van der Waals surface area (Å²) in [4.78, 5) is 32.3. The minimum absolute atomic E-state index is 0.00154. The van der Waals surface area contributed by atoms with Gasteiger partial charge in [-0.2, -0.15) is 4.31 Å². The Kier molecular flexibility index (Phi) is 10.0. The second kappa shape index (κ2) is 13.9. The van der Waals surface area contributed by atoms with Crippen molar-refractivity contribution in [1.82, 2.24) is 14.6 Å². The van der Waals surface area contributed by atoms with E-state index in [2.05, 4.69) is 10.3 Å². The summed E-state index contributed by atoms with van der Waals surface area (Å²) in [5.74, 6) is -4.08. The quantitative estimate of drug-likeness (QED) is 0.246. The van der Waals surface area contributed by atoms with Crippen molar-refractivity contribution in [2.75, 3.05) is 62.2 Å². The van der Waals surface area contributed by atoms with Crippen LogP contribution in [0.25, 0.3) is 0 Å². The number of nitrogens with zero attached hydrogens (tertiary/aromatic N) is 4. The van der Waals surface area contributed by atoms with Crippen LogP contribution in [0.15, 0.2) is 35.2 Å². The number of aromatic nitrogens is 1. The van der Waals surface area contributed by atoms with Gasteiger partial charge in [-0.15, -0.1) is 0 Å². The third-order valence-electron chi connectivity index (χ3n) is 9.70. The van der Waals surface area contributed by atoms with Crippen LogP contribution in [-0.4, -0.2) is 94.3 Å². The van der Waals surface area contributed by atoms with E-state index in [4.69, 9.17) is 32.5 Å². The number of nitrogens with one attached hydrogen (secondary N) is 1. The number of carbonyl (C=O) groups is 2. The Labute approximate surface area is 282 Å². The van der Waals surface area contributed by atoms with Crippen molar-refractivity contribution in [3.8, 4) is 5.75 Å². The number of amides is 2. The van der Waals surface area contributed by atoms with Crippen molar-refractivity contribution in [2.45, 2.75) is 55.1 Å². The molecule has 0 unspecified atom stereocenters. The third kappa shape index (κ3) is 6.64. The van der Waals surface area contributed by atoms with Crippen molar-refractivity contribution >= 4 is 45.1 Å². The summed E-state index contributed by atoms with van der Waals surface area (Å²) in [5, 5.41) is 2.75. The molecule has 0 spiro atoms. The van der Waals surface area contributed by atoms with Crippen LogP contribution in [0.3, 0.4) is 0 Å². The summed E-state index contributed by atoms with van der Waals surface area (Å²) in [6, 6.07) is 6.44. The van der Waals surface area contributed by atoms with Gasteiger partial charge in [-0.1, -0.05) is 11.6 Å². The van der Waals surface area contributed by atoms with Gasteiger partial charge < -0.3 is 31.2 Å². The predicted octanol–water partition coefficient (Wildman–Crippen LogP) is 2.65. The van der Waals surface area contributed by atoms with Crippen molar-refractivity contribution in [3.63, 3.8) is 0 Å². The van der Waals surface area contributed by atoms with E-state index in [1.807, 2.05) is 0 Å². The van der Waals surface area contributed by atoms with Gasteiger partial charge in [-0.3, -0.25) is 9.69 Å². The molecule has 2 amide bonds. The molecule has 2 atom stereocenters. The van der Waals surface area contributed by atoms with Gasteiger partial charge in [-0.05, 0) is 62.9 Å². The minimum atomic E-state index is -3.95.